The van der Waals surface area contributed by atoms with Crippen molar-refractivity contribution in [3.63, 3.8) is 0 Å². The number of methoxy groups -OCH3 is 1. The van der Waals surface area contributed by atoms with Crippen LogP contribution in [0.5, 0.6) is 11.5 Å². The first kappa shape index (κ1) is 24.1. The zero-order valence-electron chi connectivity index (χ0n) is 21.0. The van der Waals surface area contributed by atoms with E-state index in [9.17, 15) is 0 Å². The summed E-state index contributed by atoms with van der Waals surface area (Å²) >= 11 is 0. The molecule has 1 aliphatic carbocycles. The molecule has 0 radical (unpaired) electrons. The first-order valence-electron chi connectivity index (χ1n) is 12.4. The fourth-order valence-corrected chi connectivity index (χ4v) is 5.06. The summed E-state index contributed by atoms with van der Waals surface area (Å²) in [6.07, 6.45) is 4.60. The van der Waals surface area contributed by atoms with E-state index in [2.05, 4.69) is 86.3 Å². The van der Waals surface area contributed by atoms with E-state index >= 15 is 0 Å². The molecule has 0 bridgehead atoms. The molecule has 178 valence electrons. The third-order valence-electron chi connectivity index (χ3n) is 6.59. The van der Waals surface area contributed by atoms with E-state index in [4.69, 9.17) is 9.47 Å². The van der Waals surface area contributed by atoms with Crippen LogP contribution in [0.1, 0.15) is 55.4 Å². The fourth-order valence-electron chi connectivity index (χ4n) is 5.06. The van der Waals surface area contributed by atoms with Crippen molar-refractivity contribution in [2.45, 2.75) is 58.7 Å². The molecule has 1 aliphatic rings. The largest absolute Gasteiger partial charge is 0.493 e. The van der Waals surface area contributed by atoms with E-state index in [0.29, 0.717) is 18.6 Å². The molecular weight excluding hydrogens is 418 g/mol. The van der Waals surface area contributed by atoms with Crippen LogP contribution in [0.2, 0.25) is 0 Å². The molecule has 0 saturated heterocycles. The fraction of sp³-hybridized carbons (Fsp3) is 0.355. The summed E-state index contributed by atoms with van der Waals surface area (Å²) in [5, 5.41) is 0. The zero-order chi connectivity index (χ0) is 23.9. The number of benzene rings is 3. The maximum atomic E-state index is 6.27. The third kappa shape index (κ3) is 5.71. The highest BCUT2D eigenvalue weighted by molar-refractivity contribution is 5.53. The van der Waals surface area contributed by atoms with Crippen molar-refractivity contribution in [1.29, 1.82) is 0 Å². The molecule has 0 N–H and O–H groups in total. The maximum absolute atomic E-state index is 6.27. The zero-order valence-corrected chi connectivity index (χ0v) is 21.0. The molecule has 0 aromatic heterocycles. The van der Waals surface area contributed by atoms with Crippen molar-refractivity contribution < 1.29 is 9.47 Å². The lowest BCUT2D eigenvalue weighted by Gasteiger charge is -2.32. The Morgan fingerprint density at radius 2 is 1.62 bits per heavy atom. The Morgan fingerprint density at radius 3 is 2.24 bits per heavy atom. The van der Waals surface area contributed by atoms with Crippen molar-refractivity contribution in [2.75, 3.05) is 13.7 Å². The van der Waals surface area contributed by atoms with E-state index in [-0.39, 0.29) is 0 Å². The minimum absolute atomic E-state index is 0.334. The molecule has 0 amide bonds. The van der Waals surface area contributed by atoms with Gasteiger partial charge in [-0.15, -0.1) is 0 Å². The topological polar surface area (TPSA) is 21.7 Å². The van der Waals surface area contributed by atoms with Crippen LogP contribution in [0.3, 0.4) is 0 Å². The second kappa shape index (κ2) is 11.4. The first-order chi connectivity index (χ1) is 16.6. The Hall–Kier alpha value is -3.04. The van der Waals surface area contributed by atoms with Gasteiger partial charge >= 0.3 is 0 Å². The molecule has 0 unspecified atom stereocenters. The van der Waals surface area contributed by atoms with E-state index in [0.717, 1.165) is 43.0 Å². The predicted molar refractivity (Wildman–Crippen MR) is 141 cm³/mol. The highest BCUT2D eigenvalue weighted by atomic mass is 16.5. The van der Waals surface area contributed by atoms with Crippen LogP contribution >= 0.6 is 0 Å². The lowest BCUT2D eigenvalue weighted by molar-refractivity contribution is 0.181. The summed E-state index contributed by atoms with van der Waals surface area (Å²) in [4.78, 5) is 2.66. The summed E-state index contributed by atoms with van der Waals surface area (Å²) in [6.45, 7) is 9.25. The van der Waals surface area contributed by atoms with Gasteiger partial charge in [0.1, 0.15) is 6.61 Å². The summed E-state index contributed by atoms with van der Waals surface area (Å²) in [7, 11) is 1.73. The number of allylic oxidation sites excluding steroid dienone is 1. The average Bonchev–Trinajstić information content (AvgIpc) is 3.19. The standard InChI is InChI=1S/C31H37NO2/c1-5-16-32(21-24-12-8-6-9-13-24)29-18-26-19-30(33-4)31(20-27(26)28(29)17-23(2)3)34-22-25-14-10-7-11-15-25/h6-15,17,19-20,28-29H,5,16,18,21-22H2,1-4H3/t28-,29+/m0/s1. The lowest BCUT2D eigenvalue weighted by atomic mass is 9.94. The first-order valence-corrected chi connectivity index (χ1v) is 12.4. The monoisotopic (exact) mass is 455 g/mol. The minimum atomic E-state index is 0.334. The number of nitrogens with zero attached hydrogens (tertiary/aromatic N) is 1. The number of fused-ring (bicyclic) bond motifs is 1. The van der Waals surface area contributed by atoms with Crippen LogP contribution < -0.4 is 9.47 Å². The Balaban J connectivity index is 1.65. The number of ether oxygens (including phenoxy) is 2. The molecule has 3 heteroatoms. The lowest BCUT2D eigenvalue weighted by Crippen LogP contribution is -2.38. The molecule has 0 fully saturated rings. The number of hydrogen-bond donors (Lipinski definition) is 0. The molecule has 2 atom stereocenters. The van der Waals surface area contributed by atoms with Gasteiger partial charge < -0.3 is 9.47 Å². The molecule has 0 spiro atoms. The minimum Gasteiger partial charge on any atom is -0.493 e. The molecular formula is C31H37NO2. The van der Waals surface area contributed by atoms with E-state index < -0.39 is 0 Å². The molecule has 3 aromatic rings. The second-order valence-electron chi connectivity index (χ2n) is 9.47. The van der Waals surface area contributed by atoms with Crippen molar-refractivity contribution in [2.24, 2.45) is 0 Å². The molecule has 3 nitrogen and oxygen atoms in total. The second-order valence-corrected chi connectivity index (χ2v) is 9.47. The summed E-state index contributed by atoms with van der Waals surface area (Å²) in [5.74, 6) is 1.97. The van der Waals surface area contributed by atoms with Gasteiger partial charge in [-0.25, -0.2) is 0 Å². The molecule has 0 aliphatic heterocycles. The molecule has 3 aromatic carbocycles. The number of hydrogen-bond acceptors (Lipinski definition) is 3. The van der Waals surface area contributed by atoms with E-state index in [1.807, 2.05) is 18.2 Å². The van der Waals surface area contributed by atoms with Crippen LogP contribution in [-0.2, 0) is 19.6 Å². The van der Waals surface area contributed by atoms with E-state index in [1.54, 1.807) is 7.11 Å². The summed E-state index contributed by atoms with van der Waals surface area (Å²) in [5.41, 5.74) is 6.60. The van der Waals surface area contributed by atoms with Crippen LogP contribution in [0.25, 0.3) is 0 Å². The Bertz CT molecular complexity index is 1090. The van der Waals surface area contributed by atoms with Crippen LogP contribution in [0.15, 0.2) is 84.4 Å². The Labute approximate surface area is 205 Å². The molecule has 0 saturated carbocycles. The van der Waals surface area contributed by atoms with Gasteiger partial charge in [-0.2, -0.15) is 0 Å². The van der Waals surface area contributed by atoms with Crippen molar-refractivity contribution in [3.8, 4) is 11.5 Å². The smallest absolute Gasteiger partial charge is 0.161 e. The molecule has 0 heterocycles. The average molecular weight is 456 g/mol. The highest BCUT2D eigenvalue weighted by Gasteiger charge is 2.36. The van der Waals surface area contributed by atoms with Gasteiger partial charge in [-0.3, -0.25) is 4.90 Å². The highest BCUT2D eigenvalue weighted by Crippen LogP contribution is 2.44. The van der Waals surface area contributed by atoms with Crippen LogP contribution in [-0.4, -0.2) is 24.6 Å². The van der Waals surface area contributed by atoms with Gasteiger partial charge in [0.15, 0.2) is 11.5 Å². The Morgan fingerprint density at radius 1 is 0.941 bits per heavy atom. The van der Waals surface area contributed by atoms with E-state index in [1.165, 1.54) is 22.3 Å². The van der Waals surface area contributed by atoms with Gasteiger partial charge in [0.2, 0.25) is 0 Å². The van der Waals surface area contributed by atoms with Gasteiger partial charge in [0, 0.05) is 18.5 Å². The number of rotatable bonds is 10. The quantitative estimate of drug-likeness (QED) is 0.303. The van der Waals surface area contributed by atoms with Gasteiger partial charge in [0.25, 0.3) is 0 Å². The Kier molecular flexibility index (Phi) is 8.08. The normalized spacial score (nSPS) is 16.9. The van der Waals surface area contributed by atoms with Crippen LogP contribution in [0, 0.1) is 0 Å². The molecule has 4 rings (SSSR count). The maximum Gasteiger partial charge on any atom is 0.161 e. The van der Waals surface area contributed by atoms with Gasteiger partial charge in [-0.05, 0) is 67.6 Å². The third-order valence-corrected chi connectivity index (χ3v) is 6.59. The van der Waals surface area contributed by atoms with Gasteiger partial charge in [-0.1, -0.05) is 79.2 Å². The SMILES string of the molecule is CCCN(Cc1ccccc1)[C@@H]1Cc2cc(OC)c(OCc3ccccc3)cc2[C@@H]1C=C(C)C. The summed E-state index contributed by atoms with van der Waals surface area (Å²) in [6, 6.07) is 26.0. The summed E-state index contributed by atoms with van der Waals surface area (Å²) < 4.78 is 12.0. The van der Waals surface area contributed by atoms with Crippen LogP contribution in [0.4, 0.5) is 0 Å². The molecule has 34 heavy (non-hydrogen) atoms. The predicted octanol–water partition coefficient (Wildman–Crippen LogP) is 7.16. The van der Waals surface area contributed by atoms with Crippen molar-refractivity contribution >= 4 is 0 Å². The van der Waals surface area contributed by atoms with Crippen molar-refractivity contribution in [1.82, 2.24) is 4.90 Å². The van der Waals surface area contributed by atoms with Gasteiger partial charge in [0.05, 0.1) is 7.11 Å². The van der Waals surface area contributed by atoms with Crippen molar-refractivity contribution in [3.05, 3.63) is 107 Å².